The van der Waals surface area contributed by atoms with E-state index in [0.717, 1.165) is 44.4 Å². The lowest BCUT2D eigenvalue weighted by atomic mass is 9.82. The van der Waals surface area contributed by atoms with Crippen molar-refractivity contribution in [2.24, 2.45) is 5.92 Å². The van der Waals surface area contributed by atoms with E-state index in [2.05, 4.69) is 56.0 Å². The molecule has 0 saturated carbocycles. The SMILES string of the molecule is COc1ccc(CN2CCCC(C3NNCC3c3ccnc(N4CCCC4)n3)C2)cc1. The lowest BCUT2D eigenvalue weighted by Crippen LogP contribution is -2.46. The van der Waals surface area contributed by atoms with E-state index in [0.29, 0.717) is 17.9 Å². The number of benzene rings is 1. The number of methoxy groups -OCH3 is 1. The number of hydrazine groups is 1. The van der Waals surface area contributed by atoms with E-state index < -0.39 is 0 Å². The zero-order valence-electron chi connectivity index (χ0n) is 18.5. The Hall–Kier alpha value is -2.22. The molecule has 31 heavy (non-hydrogen) atoms. The van der Waals surface area contributed by atoms with Gasteiger partial charge in [-0.2, -0.15) is 0 Å². The number of likely N-dealkylation sites (tertiary alicyclic amines) is 1. The maximum Gasteiger partial charge on any atom is 0.225 e. The van der Waals surface area contributed by atoms with Gasteiger partial charge >= 0.3 is 0 Å². The van der Waals surface area contributed by atoms with Gasteiger partial charge in [-0.3, -0.25) is 15.8 Å². The summed E-state index contributed by atoms with van der Waals surface area (Å²) in [5, 5.41) is 0. The van der Waals surface area contributed by atoms with Gasteiger partial charge in [0, 0.05) is 50.9 Å². The molecule has 2 N–H and O–H groups in total. The van der Waals surface area contributed by atoms with Gasteiger partial charge in [0.15, 0.2) is 0 Å². The molecule has 166 valence electrons. The Bertz CT molecular complexity index is 853. The molecule has 0 spiro atoms. The van der Waals surface area contributed by atoms with Gasteiger partial charge < -0.3 is 9.64 Å². The number of hydrogen-bond acceptors (Lipinski definition) is 7. The minimum Gasteiger partial charge on any atom is -0.497 e. The fraction of sp³-hybridized carbons (Fsp3) is 0.583. The molecule has 7 nitrogen and oxygen atoms in total. The average molecular weight is 423 g/mol. The summed E-state index contributed by atoms with van der Waals surface area (Å²) in [7, 11) is 1.72. The molecule has 1 aromatic heterocycles. The second-order valence-electron chi connectivity index (χ2n) is 9.12. The molecule has 2 aromatic rings. The van der Waals surface area contributed by atoms with Gasteiger partial charge in [-0.1, -0.05) is 12.1 Å². The lowest BCUT2D eigenvalue weighted by molar-refractivity contribution is 0.139. The predicted octanol–water partition coefficient (Wildman–Crippen LogP) is 2.56. The number of anilines is 1. The van der Waals surface area contributed by atoms with Crippen molar-refractivity contribution in [3.05, 3.63) is 47.8 Å². The minimum atomic E-state index is 0.385. The van der Waals surface area contributed by atoms with E-state index in [1.165, 1.54) is 43.5 Å². The molecule has 3 aliphatic heterocycles. The minimum absolute atomic E-state index is 0.385. The molecule has 4 heterocycles. The van der Waals surface area contributed by atoms with Crippen LogP contribution >= 0.6 is 0 Å². The summed E-state index contributed by atoms with van der Waals surface area (Å²) in [6, 6.07) is 11.0. The Labute approximate surface area is 185 Å². The fourth-order valence-electron chi connectivity index (χ4n) is 5.40. The Balaban J connectivity index is 1.26. The fourth-order valence-corrected chi connectivity index (χ4v) is 5.40. The van der Waals surface area contributed by atoms with E-state index in [1.807, 2.05) is 6.20 Å². The molecule has 3 fully saturated rings. The van der Waals surface area contributed by atoms with Crippen LogP contribution < -0.4 is 20.5 Å². The van der Waals surface area contributed by atoms with Gasteiger partial charge in [0.1, 0.15) is 5.75 Å². The Morgan fingerprint density at radius 2 is 1.90 bits per heavy atom. The summed E-state index contributed by atoms with van der Waals surface area (Å²) < 4.78 is 5.30. The third kappa shape index (κ3) is 4.68. The van der Waals surface area contributed by atoms with Crippen LogP contribution in [0.3, 0.4) is 0 Å². The maximum absolute atomic E-state index is 5.30. The first-order valence-electron chi connectivity index (χ1n) is 11.7. The molecule has 3 atom stereocenters. The van der Waals surface area contributed by atoms with Crippen LogP contribution in [-0.2, 0) is 6.54 Å². The van der Waals surface area contributed by atoms with E-state index >= 15 is 0 Å². The summed E-state index contributed by atoms with van der Waals surface area (Å²) in [5.74, 6) is 2.82. The molecule has 0 aliphatic carbocycles. The summed E-state index contributed by atoms with van der Waals surface area (Å²) in [6.07, 6.45) is 6.94. The van der Waals surface area contributed by atoms with Gasteiger partial charge in [0.2, 0.25) is 5.95 Å². The van der Waals surface area contributed by atoms with Crippen LogP contribution in [0.15, 0.2) is 36.5 Å². The van der Waals surface area contributed by atoms with E-state index in [-0.39, 0.29) is 0 Å². The first-order valence-corrected chi connectivity index (χ1v) is 11.7. The van der Waals surface area contributed by atoms with Crippen LogP contribution in [0.25, 0.3) is 0 Å². The van der Waals surface area contributed by atoms with E-state index in [4.69, 9.17) is 9.72 Å². The number of aromatic nitrogens is 2. The van der Waals surface area contributed by atoms with Crippen molar-refractivity contribution in [2.45, 2.75) is 44.2 Å². The summed E-state index contributed by atoms with van der Waals surface area (Å²) in [4.78, 5) is 14.5. The Kier molecular flexibility index (Phi) is 6.34. The average Bonchev–Trinajstić information content (AvgIpc) is 3.52. The lowest BCUT2D eigenvalue weighted by Gasteiger charge is -2.37. The molecule has 5 rings (SSSR count). The Morgan fingerprint density at radius 3 is 2.71 bits per heavy atom. The van der Waals surface area contributed by atoms with Gasteiger partial charge in [0.05, 0.1) is 12.8 Å². The smallest absolute Gasteiger partial charge is 0.225 e. The molecule has 3 aliphatic rings. The highest BCUT2D eigenvalue weighted by molar-refractivity contribution is 5.33. The number of hydrogen-bond donors (Lipinski definition) is 2. The Morgan fingerprint density at radius 1 is 1.06 bits per heavy atom. The maximum atomic E-state index is 5.30. The van der Waals surface area contributed by atoms with Crippen molar-refractivity contribution < 1.29 is 4.74 Å². The van der Waals surface area contributed by atoms with E-state index in [1.54, 1.807) is 7.11 Å². The topological polar surface area (TPSA) is 65.6 Å². The standard InChI is InChI=1S/C24H34N6O/c1-31-20-8-6-18(7-9-20)16-29-12-4-5-19(17-29)23-21(15-26-28-23)22-10-11-25-24(27-22)30-13-2-3-14-30/h6-11,19,21,23,26,28H,2-5,12-17H2,1H3. The third-order valence-corrected chi connectivity index (χ3v) is 7.07. The number of rotatable bonds is 6. The van der Waals surface area contributed by atoms with Crippen LogP contribution in [0.4, 0.5) is 5.95 Å². The van der Waals surface area contributed by atoms with Gasteiger partial charge in [0.25, 0.3) is 0 Å². The predicted molar refractivity (Wildman–Crippen MR) is 122 cm³/mol. The van der Waals surface area contributed by atoms with Crippen LogP contribution in [0.1, 0.15) is 42.9 Å². The third-order valence-electron chi connectivity index (χ3n) is 7.07. The highest BCUT2D eigenvalue weighted by Crippen LogP contribution is 2.32. The van der Waals surface area contributed by atoms with E-state index in [9.17, 15) is 0 Å². The second kappa shape index (κ2) is 9.51. The van der Waals surface area contributed by atoms with Crippen molar-refractivity contribution in [1.82, 2.24) is 25.7 Å². The van der Waals surface area contributed by atoms with Crippen molar-refractivity contribution in [3.63, 3.8) is 0 Å². The molecule has 1 aromatic carbocycles. The highest BCUT2D eigenvalue weighted by Gasteiger charge is 2.37. The van der Waals surface area contributed by atoms with Crippen molar-refractivity contribution >= 4 is 5.95 Å². The molecular weight excluding hydrogens is 388 g/mol. The molecule has 0 amide bonds. The molecule has 3 unspecified atom stereocenters. The molecule has 7 heteroatoms. The van der Waals surface area contributed by atoms with Crippen LogP contribution in [0.2, 0.25) is 0 Å². The van der Waals surface area contributed by atoms with Gasteiger partial charge in [-0.05, 0) is 61.9 Å². The molecular formula is C24H34N6O. The molecule has 0 radical (unpaired) electrons. The first kappa shape index (κ1) is 20.7. The molecule has 0 bridgehead atoms. The zero-order chi connectivity index (χ0) is 21.0. The zero-order valence-corrected chi connectivity index (χ0v) is 18.5. The number of ether oxygens (including phenoxy) is 1. The van der Waals surface area contributed by atoms with Crippen molar-refractivity contribution in [1.29, 1.82) is 0 Å². The second-order valence-corrected chi connectivity index (χ2v) is 9.12. The molecule has 3 saturated heterocycles. The largest absolute Gasteiger partial charge is 0.497 e. The first-order chi connectivity index (χ1) is 15.3. The highest BCUT2D eigenvalue weighted by atomic mass is 16.5. The summed E-state index contributed by atoms with van der Waals surface area (Å²) in [5.41, 5.74) is 9.55. The van der Waals surface area contributed by atoms with Crippen LogP contribution in [-0.4, -0.2) is 60.7 Å². The number of piperidine rings is 1. The monoisotopic (exact) mass is 422 g/mol. The normalized spacial score (nSPS) is 27.0. The quantitative estimate of drug-likeness (QED) is 0.742. The van der Waals surface area contributed by atoms with Crippen molar-refractivity contribution in [3.8, 4) is 5.75 Å². The van der Waals surface area contributed by atoms with Crippen LogP contribution in [0.5, 0.6) is 5.75 Å². The summed E-state index contributed by atoms with van der Waals surface area (Å²) >= 11 is 0. The van der Waals surface area contributed by atoms with Gasteiger partial charge in [-0.25, -0.2) is 9.97 Å². The number of nitrogens with one attached hydrogen (secondary N) is 2. The van der Waals surface area contributed by atoms with Gasteiger partial charge in [-0.15, -0.1) is 0 Å². The van der Waals surface area contributed by atoms with Crippen molar-refractivity contribution in [2.75, 3.05) is 44.7 Å². The van der Waals surface area contributed by atoms with Crippen LogP contribution in [0, 0.1) is 5.92 Å². The number of nitrogens with zero attached hydrogens (tertiary/aromatic N) is 4. The summed E-state index contributed by atoms with van der Waals surface area (Å²) in [6.45, 7) is 6.37.